The van der Waals surface area contributed by atoms with Gasteiger partial charge < -0.3 is 0 Å². The first kappa shape index (κ1) is 12.8. The lowest BCUT2D eigenvalue weighted by atomic mass is 10.5. The first-order valence-corrected chi connectivity index (χ1v) is 7.08. The van der Waals surface area contributed by atoms with Crippen molar-refractivity contribution in [2.45, 2.75) is 11.4 Å². The van der Waals surface area contributed by atoms with Gasteiger partial charge in [-0.3, -0.25) is 9.20 Å². The number of hydrogen-bond acceptors (Lipinski definition) is 4. The van der Waals surface area contributed by atoms with E-state index in [1.807, 2.05) is 0 Å². The molecule has 0 radical (unpaired) electrons. The average Bonchev–Trinajstić information content (AvgIpc) is 2.51. The van der Waals surface area contributed by atoms with Crippen molar-refractivity contribution < 1.29 is 17.4 Å². The molecule has 0 aromatic carbocycles. The standard InChI is InChI=1S/C7H11F3N2OS2/c1-11-15(2,13)4-5-3-12-6(14-5)7(8,9)10/h5H,3-4H2,1-2H3. The van der Waals surface area contributed by atoms with Crippen LogP contribution in [-0.2, 0) is 9.73 Å². The second kappa shape index (κ2) is 4.32. The van der Waals surface area contributed by atoms with E-state index in [0.717, 1.165) is 0 Å². The molecule has 2 unspecified atom stereocenters. The summed E-state index contributed by atoms with van der Waals surface area (Å²) in [6.45, 7) is 0.0693. The van der Waals surface area contributed by atoms with E-state index in [1.165, 1.54) is 13.3 Å². The minimum absolute atomic E-state index is 0.0693. The molecule has 0 N–H and O–H groups in total. The molecule has 0 bridgehead atoms. The Morgan fingerprint density at radius 3 is 2.67 bits per heavy atom. The molecule has 0 aromatic rings. The molecule has 0 amide bonds. The predicted molar refractivity (Wildman–Crippen MR) is 57.0 cm³/mol. The Morgan fingerprint density at radius 1 is 1.67 bits per heavy atom. The number of thioether (sulfide) groups is 1. The second-order valence-corrected chi connectivity index (χ2v) is 7.10. The van der Waals surface area contributed by atoms with Gasteiger partial charge in [-0.2, -0.15) is 13.2 Å². The Bertz CT molecular complexity index is 382. The van der Waals surface area contributed by atoms with E-state index < -0.39 is 20.9 Å². The Hall–Kier alpha value is -0.240. The Labute approximate surface area is 90.7 Å². The lowest BCUT2D eigenvalue weighted by Gasteiger charge is -2.10. The van der Waals surface area contributed by atoms with Crippen molar-refractivity contribution in [1.29, 1.82) is 0 Å². The summed E-state index contributed by atoms with van der Waals surface area (Å²) in [5, 5.41) is -1.19. The Morgan fingerprint density at radius 2 is 2.27 bits per heavy atom. The van der Waals surface area contributed by atoms with Crippen LogP contribution in [0.3, 0.4) is 0 Å². The maximum absolute atomic E-state index is 12.2. The van der Waals surface area contributed by atoms with Crippen LogP contribution in [-0.4, -0.2) is 46.3 Å². The highest BCUT2D eigenvalue weighted by Gasteiger charge is 2.40. The molecule has 0 saturated heterocycles. The van der Waals surface area contributed by atoms with Crippen LogP contribution in [0.25, 0.3) is 0 Å². The molecule has 1 rings (SSSR count). The van der Waals surface area contributed by atoms with Gasteiger partial charge in [-0.05, 0) is 0 Å². The van der Waals surface area contributed by atoms with Crippen LogP contribution in [0.4, 0.5) is 13.2 Å². The Balaban J connectivity index is 2.60. The molecule has 2 atom stereocenters. The van der Waals surface area contributed by atoms with Gasteiger partial charge in [0.15, 0.2) is 5.04 Å². The number of rotatable bonds is 2. The fraction of sp³-hybridized carbons (Fsp3) is 0.857. The fourth-order valence-electron chi connectivity index (χ4n) is 1.08. The van der Waals surface area contributed by atoms with Crippen LogP contribution < -0.4 is 0 Å². The summed E-state index contributed by atoms with van der Waals surface area (Å²) >= 11 is 0.646. The summed E-state index contributed by atoms with van der Waals surface area (Å²) in [7, 11) is -0.948. The quantitative estimate of drug-likeness (QED) is 0.759. The lowest BCUT2D eigenvalue weighted by molar-refractivity contribution is -0.0554. The average molecular weight is 260 g/mol. The SMILES string of the molecule is CN=S(C)(=O)CC1CN=C(C(F)(F)F)S1. The second-order valence-electron chi connectivity index (χ2n) is 3.19. The summed E-state index contributed by atoms with van der Waals surface area (Å²) in [6.07, 6.45) is -2.93. The predicted octanol–water partition coefficient (Wildman–Crippen LogP) is 1.79. The third kappa shape index (κ3) is 3.67. The van der Waals surface area contributed by atoms with Gasteiger partial charge in [0, 0.05) is 34.0 Å². The largest absolute Gasteiger partial charge is 0.439 e. The van der Waals surface area contributed by atoms with Gasteiger partial charge >= 0.3 is 6.18 Å². The summed E-state index contributed by atoms with van der Waals surface area (Å²) in [4.78, 5) is 3.39. The van der Waals surface area contributed by atoms with E-state index >= 15 is 0 Å². The lowest BCUT2D eigenvalue weighted by Crippen LogP contribution is -2.21. The summed E-state index contributed by atoms with van der Waals surface area (Å²) in [6, 6.07) is 0. The monoisotopic (exact) mass is 260 g/mol. The zero-order chi connectivity index (χ0) is 11.7. The molecule has 1 heterocycles. The van der Waals surface area contributed by atoms with Crippen LogP contribution in [0.15, 0.2) is 9.36 Å². The van der Waals surface area contributed by atoms with Crippen molar-refractivity contribution in [3.8, 4) is 0 Å². The van der Waals surface area contributed by atoms with Crippen LogP contribution >= 0.6 is 11.8 Å². The summed E-state index contributed by atoms with van der Waals surface area (Å²) in [5.74, 6) is 0.150. The third-order valence-electron chi connectivity index (χ3n) is 1.84. The fourth-order valence-corrected chi connectivity index (χ4v) is 3.80. The minimum Gasteiger partial charge on any atom is -0.273 e. The molecule has 88 valence electrons. The van der Waals surface area contributed by atoms with Crippen LogP contribution in [0.2, 0.25) is 0 Å². The Kier molecular flexibility index (Phi) is 3.70. The van der Waals surface area contributed by atoms with Gasteiger partial charge in [-0.15, -0.1) is 0 Å². The molecule has 1 aliphatic heterocycles. The first-order chi connectivity index (χ1) is 6.74. The van der Waals surface area contributed by atoms with Gasteiger partial charge in [0.2, 0.25) is 0 Å². The molecule has 0 saturated carbocycles. The smallest absolute Gasteiger partial charge is 0.273 e. The molecule has 1 aliphatic rings. The number of aliphatic imine (C=N–C) groups is 1. The van der Waals surface area contributed by atoms with Crippen molar-refractivity contribution in [2.24, 2.45) is 9.36 Å². The maximum atomic E-state index is 12.2. The molecule has 3 nitrogen and oxygen atoms in total. The summed E-state index contributed by atoms with van der Waals surface area (Å²) in [5.41, 5.74) is 0. The number of halogens is 3. The molecule has 0 aliphatic carbocycles. The molecule has 0 fully saturated rings. The zero-order valence-corrected chi connectivity index (χ0v) is 9.88. The highest BCUT2D eigenvalue weighted by atomic mass is 32.2. The van der Waals surface area contributed by atoms with E-state index in [4.69, 9.17) is 0 Å². The van der Waals surface area contributed by atoms with Gasteiger partial charge in [0.1, 0.15) is 0 Å². The van der Waals surface area contributed by atoms with Gasteiger partial charge in [0.25, 0.3) is 0 Å². The number of nitrogens with zero attached hydrogens (tertiary/aromatic N) is 2. The normalized spacial score (nSPS) is 25.9. The molecule has 0 spiro atoms. The van der Waals surface area contributed by atoms with Crippen LogP contribution in [0, 0.1) is 0 Å². The highest BCUT2D eigenvalue weighted by Crippen LogP contribution is 2.33. The maximum Gasteiger partial charge on any atom is 0.439 e. The van der Waals surface area contributed by atoms with Crippen molar-refractivity contribution in [3.63, 3.8) is 0 Å². The van der Waals surface area contributed by atoms with Crippen molar-refractivity contribution >= 4 is 26.5 Å². The molecular formula is C7H11F3N2OS2. The van der Waals surface area contributed by atoms with Gasteiger partial charge in [-0.1, -0.05) is 11.8 Å². The summed E-state index contributed by atoms with van der Waals surface area (Å²) < 4.78 is 51.8. The number of hydrogen-bond donors (Lipinski definition) is 0. The molecule has 0 aromatic heterocycles. The van der Waals surface area contributed by atoms with E-state index in [-0.39, 0.29) is 17.5 Å². The van der Waals surface area contributed by atoms with E-state index in [2.05, 4.69) is 9.36 Å². The van der Waals surface area contributed by atoms with E-state index in [0.29, 0.717) is 11.8 Å². The topological polar surface area (TPSA) is 41.8 Å². The van der Waals surface area contributed by atoms with Crippen molar-refractivity contribution in [3.05, 3.63) is 0 Å². The van der Waals surface area contributed by atoms with Crippen molar-refractivity contribution in [2.75, 3.05) is 25.6 Å². The van der Waals surface area contributed by atoms with E-state index in [1.54, 1.807) is 0 Å². The molecule has 15 heavy (non-hydrogen) atoms. The molecule has 8 heteroatoms. The minimum atomic E-state index is -4.38. The first-order valence-electron chi connectivity index (χ1n) is 4.11. The highest BCUT2D eigenvalue weighted by molar-refractivity contribution is 8.15. The molecular weight excluding hydrogens is 249 g/mol. The van der Waals surface area contributed by atoms with Crippen LogP contribution in [0.1, 0.15) is 0 Å². The van der Waals surface area contributed by atoms with Crippen molar-refractivity contribution in [1.82, 2.24) is 0 Å². The zero-order valence-electron chi connectivity index (χ0n) is 8.24. The van der Waals surface area contributed by atoms with Gasteiger partial charge in [-0.25, -0.2) is 4.36 Å². The van der Waals surface area contributed by atoms with E-state index in [9.17, 15) is 17.4 Å². The third-order valence-corrected chi connectivity index (χ3v) is 5.08. The van der Waals surface area contributed by atoms with Crippen LogP contribution in [0.5, 0.6) is 0 Å². The van der Waals surface area contributed by atoms with Gasteiger partial charge in [0.05, 0.1) is 6.54 Å². The number of alkyl halides is 3.